The van der Waals surface area contributed by atoms with Gasteiger partial charge in [0.25, 0.3) is 5.56 Å². The second-order valence-corrected chi connectivity index (χ2v) is 6.10. The Hall–Kier alpha value is -2.22. The highest BCUT2D eigenvalue weighted by Gasteiger charge is 2.25. The Balaban J connectivity index is 1.86. The molecule has 1 aromatic heterocycles. The van der Waals surface area contributed by atoms with E-state index in [0.717, 1.165) is 6.42 Å². The Morgan fingerprint density at radius 1 is 1.20 bits per heavy atom. The van der Waals surface area contributed by atoms with Crippen molar-refractivity contribution in [3.8, 4) is 0 Å². The number of rotatable bonds is 4. The highest BCUT2D eigenvalue weighted by molar-refractivity contribution is 5.25. The maximum atomic E-state index is 13.8. The molecule has 25 heavy (non-hydrogen) atoms. The number of nitrogens with zero attached hydrogens (tertiary/aromatic N) is 2. The molecule has 0 aliphatic carbocycles. The Morgan fingerprint density at radius 3 is 2.52 bits per heavy atom. The molecule has 4 nitrogen and oxygen atoms in total. The number of halogens is 4. The van der Waals surface area contributed by atoms with Crippen molar-refractivity contribution < 1.29 is 17.6 Å². The molecule has 0 bridgehead atoms. The van der Waals surface area contributed by atoms with Gasteiger partial charge in [0.1, 0.15) is 5.82 Å². The SMILES string of the molecule is CCCc1nc2c(c(=O)[nH]1)CN(Cc1c(F)c(F)cc(F)c1F)CC2. The number of hydrogen-bond donors (Lipinski definition) is 1. The first-order valence-corrected chi connectivity index (χ1v) is 8.05. The van der Waals surface area contributed by atoms with E-state index in [-0.39, 0.29) is 24.7 Å². The topological polar surface area (TPSA) is 49.0 Å². The van der Waals surface area contributed by atoms with Gasteiger partial charge in [-0.3, -0.25) is 9.69 Å². The molecule has 0 unspecified atom stereocenters. The third-order valence-electron chi connectivity index (χ3n) is 4.27. The van der Waals surface area contributed by atoms with Crippen molar-refractivity contribution >= 4 is 0 Å². The van der Waals surface area contributed by atoms with E-state index in [0.29, 0.717) is 36.5 Å². The smallest absolute Gasteiger partial charge is 0.255 e. The van der Waals surface area contributed by atoms with E-state index in [1.54, 1.807) is 4.90 Å². The van der Waals surface area contributed by atoms with Crippen molar-refractivity contribution in [1.29, 1.82) is 0 Å². The summed E-state index contributed by atoms with van der Waals surface area (Å²) < 4.78 is 54.3. The van der Waals surface area contributed by atoms with Crippen molar-refractivity contribution in [2.24, 2.45) is 0 Å². The van der Waals surface area contributed by atoms with Crippen molar-refractivity contribution in [2.45, 2.75) is 39.3 Å². The fourth-order valence-corrected chi connectivity index (χ4v) is 3.01. The standard InChI is InChI=1S/C17H17F4N3O/c1-2-3-14-22-13-4-5-24(7-9(13)17(25)23-14)8-10-15(20)11(18)6-12(19)16(10)21/h6H,2-5,7-8H2,1H3,(H,22,23,25). The van der Waals surface area contributed by atoms with Gasteiger partial charge in [0, 0.05) is 44.1 Å². The summed E-state index contributed by atoms with van der Waals surface area (Å²) in [6, 6.07) is 0.184. The third-order valence-corrected chi connectivity index (χ3v) is 4.27. The number of H-pyrrole nitrogens is 1. The number of aromatic nitrogens is 2. The van der Waals surface area contributed by atoms with Crippen LogP contribution in [-0.4, -0.2) is 21.4 Å². The second-order valence-electron chi connectivity index (χ2n) is 6.10. The van der Waals surface area contributed by atoms with E-state index in [1.807, 2.05) is 6.92 Å². The minimum Gasteiger partial charge on any atom is -0.310 e. The zero-order valence-electron chi connectivity index (χ0n) is 13.6. The summed E-state index contributed by atoms with van der Waals surface area (Å²) in [6.07, 6.45) is 1.93. The summed E-state index contributed by atoms with van der Waals surface area (Å²) in [5.74, 6) is -5.07. The molecule has 1 aliphatic heterocycles. The molecule has 1 aromatic carbocycles. The molecular formula is C17H17F4N3O. The van der Waals surface area contributed by atoms with Gasteiger partial charge >= 0.3 is 0 Å². The lowest BCUT2D eigenvalue weighted by Crippen LogP contribution is -2.36. The van der Waals surface area contributed by atoms with Crippen molar-refractivity contribution in [3.05, 3.63) is 62.3 Å². The molecule has 1 N–H and O–H groups in total. The molecule has 0 spiro atoms. The van der Waals surface area contributed by atoms with Crippen LogP contribution in [0.3, 0.4) is 0 Å². The Labute approximate surface area is 141 Å². The largest absolute Gasteiger partial charge is 0.310 e. The highest BCUT2D eigenvalue weighted by atomic mass is 19.2. The average Bonchev–Trinajstić information content (AvgIpc) is 2.58. The van der Waals surface area contributed by atoms with Gasteiger partial charge in [-0.2, -0.15) is 0 Å². The summed E-state index contributed by atoms with van der Waals surface area (Å²) in [6.45, 7) is 2.14. The molecule has 0 saturated carbocycles. The quantitative estimate of drug-likeness (QED) is 0.678. The summed E-state index contributed by atoms with van der Waals surface area (Å²) in [5, 5.41) is 0. The van der Waals surface area contributed by atoms with E-state index < -0.39 is 28.8 Å². The van der Waals surface area contributed by atoms with Gasteiger partial charge in [0.05, 0.1) is 11.3 Å². The highest BCUT2D eigenvalue weighted by Crippen LogP contribution is 2.23. The monoisotopic (exact) mass is 355 g/mol. The van der Waals surface area contributed by atoms with Gasteiger partial charge in [-0.25, -0.2) is 22.5 Å². The first-order valence-electron chi connectivity index (χ1n) is 8.05. The molecule has 1 aliphatic rings. The van der Waals surface area contributed by atoms with Crippen LogP contribution in [0.1, 0.15) is 36.0 Å². The van der Waals surface area contributed by atoms with Crippen LogP contribution in [0, 0.1) is 23.3 Å². The third kappa shape index (κ3) is 3.44. The van der Waals surface area contributed by atoms with Crippen LogP contribution in [0.4, 0.5) is 17.6 Å². The summed E-state index contributed by atoms with van der Waals surface area (Å²) in [5.41, 5.74) is 0.121. The Bertz CT molecular complexity index is 840. The minimum atomic E-state index is -1.44. The lowest BCUT2D eigenvalue weighted by molar-refractivity contribution is 0.231. The lowest BCUT2D eigenvalue weighted by Gasteiger charge is -2.28. The van der Waals surface area contributed by atoms with Crippen LogP contribution < -0.4 is 5.56 Å². The Morgan fingerprint density at radius 2 is 1.88 bits per heavy atom. The number of nitrogens with one attached hydrogen (secondary N) is 1. The maximum Gasteiger partial charge on any atom is 0.255 e. The lowest BCUT2D eigenvalue weighted by atomic mass is 10.1. The van der Waals surface area contributed by atoms with E-state index in [9.17, 15) is 22.4 Å². The van der Waals surface area contributed by atoms with Crippen molar-refractivity contribution in [1.82, 2.24) is 14.9 Å². The number of fused-ring (bicyclic) bond motifs is 1. The predicted molar refractivity (Wildman–Crippen MR) is 82.9 cm³/mol. The Kier molecular flexibility index (Phi) is 4.89. The van der Waals surface area contributed by atoms with E-state index in [2.05, 4.69) is 9.97 Å². The number of hydrogen-bond acceptors (Lipinski definition) is 3. The molecule has 3 rings (SSSR count). The van der Waals surface area contributed by atoms with E-state index in [4.69, 9.17) is 0 Å². The van der Waals surface area contributed by atoms with Gasteiger partial charge in [-0.15, -0.1) is 0 Å². The molecule has 0 saturated heterocycles. The van der Waals surface area contributed by atoms with E-state index >= 15 is 0 Å². The van der Waals surface area contributed by atoms with Crippen LogP contribution >= 0.6 is 0 Å². The summed E-state index contributed by atoms with van der Waals surface area (Å²) in [4.78, 5) is 20.9. The number of aromatic amines is 1. The molecule has 134 valence electrons. The van der Waals surface area contributed by atoms with Crippen molar-refractivity contribution in [3.63, 3.8) is 0 Å². The van der Waals surface area contributed by atoms with Gasteiger partial charge in [0.2, 0.25) is 0 Å². The molecule has 2 aromatic rings. The van der Waals surface area contributed by atoms with Gasteiger partial charge in [0.15, 0.2) is 23.3 Å². The second kappa shape index (κ2) is 6.95. The molecular weight excluding hydrogens is 338 g/mol. The summed E-state index contributed by atoms with van der Waals surface area (Å²) in [7, 11) is 0. The molecule has 0 fully saturated rings. The predicted octanol–water partition coefficient (Wildman–Crippen LogP) is 2.84. The zero-order chi connectivity index (χ0) is 18.1. The molecule has 0 atom stereocenters. The minimum absolute atomic E-state index is 0.112. The summed E-state index contributed by atoms with van der Waals surface area (Å²) >= 11 is 0. The van der Waals surface area contributed by atoms with Crippen molar-refractivity contribution in [2.75, 3.05) is 6.54 Å². The zero-order valence-corrected chi connectivity index (χ0v) is 13.6. The molecule has 2 heterocycles. The maximum absolute atomic E-state index is 13.8. The van der Waals surface area contributed by atoms with Crippen LogP contribution in [0.2, 0.25) is 0 Å². The van der Waals surface area contributed by atoms with Crippen LogP contribution in [0.15, 0.2) is 10.9 Å². The fourth-order valence-electron chi connectivity index (χ4n) is 3.01. The molecule has 8 heteroatoms. The molecule has 0 amide bonds. The fraction of sp³-hybridized carbons (Fsp3) is 0.412. The van der Waals surface area contributed by atoms with Crippen LogP contribution in [0.5, 0.6) is 0 Å². The van der Waals surface area contributed by atoms with Gasteiger partial charge in [-0.05, 0) is 6.42 Å². The van der Waals surface area contributed by atoms with Gasteiger partial charge in [-0.1, -0.05) is 6.92 Å². The molecule has 0 radical (unpaired) electrons. The number of aryl methyl sites for hydroxylation is 1. The van der Waals surface area contributed by atoms with Crippen LogP contribution in [-0.2, 0) is 25.9 Å². The first-order chi connectivity index (χ1) is 11.9. The number of benzene rings is 1. The van der Waals surface area contributed by atoms with Gasteiger partial charge < -0.3 is 4.98 Å². The van der Waals surface area contributed by atoms with E-state index in [1.165, 1.54) is 0 Å². The van der Waals surface area contributed by atoms with Crippen LogP contribution in [0.25, 0.3) is 0 Å². The average molecular weight is 355 g/mol. The normalized spacial score (nSPS) is 14.6. The first kappa shape index (κ1) is 17.6.